The van der Waals surface area contributed by atoms with Crippen molar-refractivity contribution < 1.29 is 23.8 Å². The molecule has 1 N–H and O–H groups in total. The van der Waals surface area contributed by atoms with E-state index in [9.17, 15) is 9.59 Å². The maximum absolute atomic E-state index is 12.2. The number of benzene rings is 1. The highest BCUT2D eigenvalue weighted by atomic mass is 32.2. The Morgan fingerprint density at radius 3 is 2.62 bits per heavy atom. The number of thioether (sulfide) groups is 1. The molecule has 2 aromatic rings. The third kappa shape index (κ3) is 5.13. The number of rotatable bonds is 8. The molecule has 0 saturated heterocycles. The van der Waals surface area contributed by atoms with Crippen LogP contribution >= 0.6 is 11.8 Å². The van der Waals surface area contributed by atoms with E-state index in [1.54, 1.807) is 50.6 Å². The number of esters is 1. The first-order valence-electron chi connectivity index (χ1n) is 7.85. The van der Waals surface area contributed by atoms with Gasteiger partial charge in [-0.15, -0.1) is 0 Å². The topological polar surface area (TPSA) is 86.8 Å². The van der Waals surface area contributed by atoms with Crippen LogP contribution in [-0.2, 0) is 9.53 Å². The molecule has 1 amide bonds. The van der Waals surface area contributed by atoms with Gasteiger partial charge in [0.15, 0.2) is 11.5 Å². The van der Waals surface area contributed by atoms with Crippen molar-refractivity contribution in [2.45, 2.75) is 11.9 Å². The van der Waals surface area contributed by atoms with Gasteiger partial charge < -0.3 is 19.5 Å². The van der Waals surface area contributed by atoms with E-state index < -0.39 is 5.97 Å². The van der Waals surface area contributed by atoms with E-state index in [1.165, 1.54) is 18.9 Å². The first-order valence-corrected chi connectivity index (χ1v) is 8.84. The molecular weight excluding hydrogens is 356 g/mol. The number of amides is 1. The first kappa shape index (κ1) is 19.6. The van der Waals surface area contributed by atoms with E-state index in [0.29, 0.717) is 27.8 Å². The van der Waals surface area contributed by atoms with E-state index in [1.807, 2.05) is 0 Å². The number of anilines is 1. The lowest BCUT2D eigenvalue weighted by atomic mass is 10.2. The lowest BCUT2D eigenvalue weighted by molar-refractivity contribution is -0.113. The quantitative estimate of drug-likeness (QED) is 0.560. The highest BCUT2D eigenvalue weighted by molar-refractivity contribution is 8.00. The molecule has 0 unspecified atom stereocenters. The van der Waals surface area contributed by atoms with Crippen LogP contribution in [0.4, 0.5) is 5.69 Å². The molecule has 2 rings (SSSR count). The van der Waals surface area contributed by atoms with Gasteiger partial charge in [0.05, 0.1) is 32.1 Å². The Morgan fingerprint density at radius 1 is 1.15 bits per heavy atom. The molecule has 1 aromatic heterocycles. The SMILES string of the molecule is CCOC(=O)c1cccnc1SCC(=O)Nc1ccc(OC)c(OC)c1. The lowest BCUT2D eigenvalue weighted by Crippen LogP contribution is -2.15. The Labute approximate surface area is 156 Å². The second-order valence-corrected chi connectivity index (χ2v) is 5.95. The van der Waals surface area contributed by atoms with Crippen LogP contribution < -0.4 is 14.8 Å². The van der Waals surface area contributed by atoms with Gasteiger partial charge in [0, 0.05) is 18.0 Å². The van der Waals surface area contributed by atoms with Gasteiger partial charge in [-0.3, -0.25) is 4.79 Å². The molecule has 0 aliphatic carbocycles. The molecule has 0 radical (unpaired) electrons. The van der Waals surface area contributed by atoms with Crippen LogP contribution in [0.2, 0.25) is 0 Å². The first-order chi connectivity index (χ1) is 12.6. The maximum atomic E-state index is 12.2. The van der Waals surface area contributed by atoms with Gasteiger partial charge in [0.2, 0.25) is 5.91 Å². The molecule has 0 aliphatic rings. The summed E-state index contributed by atoms with van der Waals surface area (Å²) in [6.45, 7) is 2.01. The van der Waals surface area contributed by atoms with Crippen molar-refractivity contribution in [3.8, 4) is 11.5 Å². The van der Waals surface area contributed by atoms with Crippen LogP contribution in [0.25, 0.3) is 0 Å². The molecule has 1 heterocycles. The van der Waals surface area contributed by atoms with Crippen molar-refractivity contribution in [2.75, 3.05) is 31.9 Å². The summed E-state index contributed by atoms with van der Waals surface area (Å²) in [5.41, 5.74) is 0.929. The molecule has 0 aliphatic heterocycles. The number of nitrogens with one attached hydrogen (secondary N) is 1. The van der Waals surface area contributed by atoms with Gasteiger partial charge in [-0.05, 0) is 31.2 Å². The van der Waals surface area contributed by atoms with Crippen LogP contribution in [0.3, 0.4) is 0 Å². The Balaban J connectivity index is 2.00. The van der Waals surface area contributed by atoms with Crippen molar-refractivity contribution >= 4 is 29.3 Å². The van der Waals surface area contributed by atoms with Crippen molar-refractivity contribution in [3.05, 3.63) is 42.1 Å². The molecule has 8 heteroatoms. The normalized spacial score (nSPS) is 10.1. The van der Waals surface area contributed by atoms with E-state index in [2.05, 4.69) is 10.3 Å². The van der Waals surface area contributed by atoms with Gasteiger partial charge in [0.25, 0.3) is 0 Å². The zero-order chi connectivity index (χ0) is 18.9. The second kappa shape index (κ2) is 9.67. The van der Waals surface area contributed by atoms with E-state index in [0.717, 1.165) is 0 Å². The summed E-state index contributed by atoms with van der Waals surface area (Å²) in [7, 11) is 3.07. The minimum atomic E-state index is -0.455. The highest BCUT2D eigenvalue weighted by Crippen LogP contribution is 2.30. The summed E-state index contributed by atoms with van der Waals surface area (Å²) in [6, 6.07) is 8.37. The Kier molecular flexibility index (Phi) is 7.28. The molecule has 1 aromatic carbocycles. The Morgan fingerprint density at radius 2 is 1.92 bits per heavy atom. The fraction of sp³-hybridized carbons (Fsp3) is 0.278. The predicted molar refractivity (Wildman–Crippen MR) is 99.1 cm³/mol. The third-order valence-corrected chi connectivity index (χ3v) is 4.28. The number of pyridine rings is 1. The van der Waals surface area contributed by atoms with Crippen LogP contribution in [0.1, 0.15) is 17.3 Å². The number of hydrogen-bond donors (Lipinski definition) is 1. The third-order valence-electron chi connectivity index (χ3n) is 3.27. The number of aromatic nitrogens is 1. The van der Waals surface area contributed by atoms with Gasteiger partial charge in [-0.2, -0.15) is 0 Å². The number of hydrogen-bond acceptors (Lipinski definition) is 7. The highest BCUT2D eigenvalue weighted by Gasteiger charge is 2.15. The van der Waals surface area contributed by atoms with Crippen molar-refractivity contribution in [1.29, 1.82) is 0 Å². The average molecular weight is 376 g/mol. The molecule has 0 saturated carbocycles. The van der Waals surface area contributed by atoms with Crippen LogP contribution in [-0.4, -0.2) is 43.4 Å². The van der Waals surface area contributed by atoms with Crippen LogP contribution in [0, 0.1) is 0 Å². The molecule has 0 atom stereocenters. The van der Waals surface area contributed by atoms with Crippen LogP contribution in [0.5, 0.6) is 11.5 Å². The number of carbonyl (C=O) groups is 2. The maximum Gasteiger partial charge on any atom is 0.340 e. The summed E-state index contributed by atoms with van der Waals surface area (Å²) in [6.07, 6.45) is 1.57. The second-order valence-electron chi connectivity index (χ2n) is 4.98. The largest absolute Gasteiger partial charge is 0.493 e. The Hall–Kier alpha value is -2.74. The summed E-state index contributed by atoms with van der Waals surface area (Å²) < 4.78 is 15.4. The molecule has 138 valence electrons. The molecule has 0 bridgehead atoms. The number of ether oxygens (including phenoxy) is 3. The van der Waals surface area contributed by atoms with Gasteiger partial charge >= 0.3 is 5.97 Å². The van der Waals surface area contributed by atoms with Crippen molar-refractivity contribution in [3.63, 3.8) is 0 Å². The zero-order valence-corrected chi connectivity index (χ0v) is 15.6. The fourth-order valence-electron chi connectivity index (χ4n) is 2.11. The predicted octanol–water partition coefficient (Wildman–Crippen LogP) is 3.01. The Bertz CT molecular complexity index is 782. The number of nitrogens with zero attached hydrogens (tertiary/aromatic N) is 1. The fourth-order valence-corrected chi connectivity index (χ4v) is 2.90. The van der Waals surface area contributed by atoms with Gasteiger partial charge in [0.1, 0.15) is 5.03 Å². The summed E-state index contributed by atoms with van der Waals surface area (Å²) in [4.78, 5) is 28.3. The van der Waals surface area contributed by atoms with Gasteiger partial charge in [-0.1, -0.05) is 11.8 Å². The summed E-state index contributed by atoms with van der Waals surface area (Å²) >= 11 is 1.17. The smallest absolute Gasteiger partial charge is 0.340 e. The van der Waals surface area contributed by atoms with Crippen molar-refractivity contribution in [2.24, 2.45) is 0 Å². The number of methoxy groups -OCH3 is 2. The summed E-state index contributed by atoms with van der Waals surface area (Å²) in [5.74, 6) is 0.503. The molecule has 0 spiro atoms. The van der Waals surface area contributed by atoms with E-state index >= 15 is 0 Å². The monoisotopic (exact) mass is 376 g/mol. The van der Waals surface area contributed by atoms with Gasteiger partial charge in [-0.25, -0.2) is 9.78 Å². The summed E-state index contributed by atoms with van der Waals surface area (Å²) in [5, 5.41) is 3.22. The number of carbonyl (C=O) groups excluding carboxylic acids is 2. The molecule has 7 nitrogen and oxygen atoms in total. The minimum absolute atomic E-state index is 0.0950. The standard InChI is InChI=1S/C18H20N2O5S/c1-4-25-18(22)13-6-5-9-19-17(13)26-11-16(21)20-12-7-8-14(23-2)15(10-12)24-3/h5-10H,4,11H2,1-3H3,(H,20,21). The zero-order valence-electron chi connectivity index (χ0n) is 14.8. The minimum Gasteiger partial charge on any atom is -0.493 e. The molecular formula is C18H20N2O5S. The average Bonchev–Trinajstić information content (AvgIpc) is 2.66. The molecule has 0 fully saturated rings. The lowest BCUT2D eigenvalue weighted by Gasteiger charge is -2.11. The van der Waals surface area contributed by atoms with Crippen molar-refractivity contribution in [1.82, 2.24) is 4.98 Å². The van der Waals surface area contributed by atoms with E-state index in [4.69, 9.17) is 14.2 Å². The molecule has 26 heavy (non-hydrogen) atoms. The van der Waals surface area contributed by atoms with E-state index in [-0.39, 0.29) is 18.3 Å². The van der Waals surface area contributed by atoms with Crippen LogP contribution in [0.15, 0.2) is 41.6 Å².